The summed E-state index contributed by atoms with van der Waals surface area (Å²) < 4.78 is 10.7. The molecule has 1 fully saturated rings. The molecule has 0 radical (unpaired) electrons. The van der Waals surface area contributed by atoms with Crippen molar-refractivity contribution in [1.82, 2.24) is 15.6 Å². The van der Waals surface area contributed by atoms with Gasteiger partial charge in [0.05, 0.1) is 13.2 Å². The van der Waals surface area contributed by atoms with Crippen LogP contribution < -0.4 is 15.4 Å². The fraction of sp³-hybridized carbons (Fsp3) is 0.667. The average molecular weight is 334 g/mol. The Balaban J connectivity index is 1.96. The summed E-state index contributed by atoms with van der Waals surface area (Å²) in [7, 11) is 1.66. The van der Waals surface area contributed by atoms with E-state index in [-0.39, 0.29) is 0 Å². The van der Waals surface area contributed by atoms with Gasteiger partial charge in [0.15, 0.2) is 5.96 Å². The maximum atomic E-state index is 5.67. The third-order valence-electron chi connectivity index (χ3n) is 4.07. The number of ether oxygens (including phenoxy) is 2. The highest BCUT2D eigenvalue weighted by Crippen LogP contribution is 2.18. The summed E-state index contributed by atoms with van der Waals surface area (Å²) in [5.41, 5.74) is 0.981. The van der Waals surface area contributed by atoms with Crippen LogP contribution in [0.25, 0.3) is 0 Å². The Bertz CT molecular complexity index is 502. The molecule has 1 saturated carbocycles. The van der Waals surface area contributed by atoms with E-state index in [1.165, 1.54) is 32.1 Å². The lowest BCUT2D eigenvalue weighted by molar-refractivity contribution is 0.143. The van der Waals surface area contributed by atoms with Gasteiger partial charge >= 0.3 is 0 Å². The van der Waals surface area contributed by atoms with E-state index in [0.717, 1.165) is 18.1 Å². The van der Waals surface area contributed by atoms with Crippen LogP contribution in [0.3, 0.4) is 0 Å². The van der Waals surface area contributed by atoms with Crippen molar-refractivity contribution in [3.05, 3.63) is 23.9 Å². The summed E-state index contributed by atoms with van der Waals surface area (Å²) in [5, 5.41) is 6.89. The van der Waals surface area contributed by atoms with Crippen molar-refractivity contribution in [2.45, 2.75) is 51.6 Å². The number of aromatic nitrogens is 1. The predicted octanol–water partition coefficient (Wildman–Crippen LogP) is 2.49. The number of methoxy groups -OCH3 is 1. The van der Waals surface area contributed by atoms with Gasteiger partial charge in [0, 0.05) is 31.5 Å². The Labute approximate surface area is 145 Å². The van der Waals surface area contributed by atoms with Gasteiger partial charge in [-0.15, -0.1) is 0 Å². The second-order valence-corrected chi connectivity index (χ2v) is 5.98. The monoisotopic (exact) mass is 334 g/mol. The molecular weight excluding hydrogens is 304 g/mol. The number of aliphatic imine (C=N–C) groups is 1. The molecule has 1 aliphatic carbocycles. The van der Waals surface area contributed by atoms with E-state index in [9.17, 15) is 0 Å². The van der Waals surface area contributed by atoms with E-state index < -0.39 is 0 Å². The van der Waals surface area contributed by atoms with E-state index in [0.29, 0.717) is 31.7 Å². The number of pyridine rings is 1. The first kappa shape index (κ1) is 18.5. The zero-order valence-electron chi connectivity index (χ0n) is 14.9. The van der Waals surface area contributed by atoms with Gasteiger partial charge in [0.2, 0.25) is 5.88 Å². The fourth-order valence-corrected chi connectivity index (χ4v) is 2.82. The molecule has 1 aliphatic rings. The highest BCUT2D eigenvalue weighted by molar-refractivity contribution is 5.80. The van der Waals surface area contributed by atoms with Crippen LogP contribution in [0.15, 0.2) is 23.3 Å². The molecular formula is C18H30N4O2. The number of hydrogen-bond donors (Lipinski definition) is 2. The molecule has 0 amide bonds. The third-order valence-corrected chi connectivity index (χ3v) is 4.07. The van der Waals surface area contributed by atoms with Crippen molar-refractivity contribution in [3.8, 4) is 5.88 Å². The number of guanidine groups is 1. The first-order valence-corrected chi connectivity index (χ1v) is 8.94. The van der Waals surface area contributed by atoms with Gasteiger partial charge in [-0.2, -0.15) is 0 Å². The van der Waals surface area contributed by atoms with Crippen LogP contribution in [0.2, 0.25) is 0 Å². The number of nitrogens with one attached hydrogen (secondary N) is 2. The minimum Gasteiger partial charge on any atom is -0.475 e. The van der Waals surface area contributed by atoms with Crippen LogP contribution in [0.4, 0.5) is 0 Å². The van der Waals surface area contributed by atoms with Crippen molar-refractivity contribution in [3.63, 3.8) is 0 Å². The number of nitrogens with zero attached hydrogens (tertiary/aromatic N) is 2. The molecule has 0 aromatic carbocycles. The Morgan fingerprint density at radius 3 is 2.88 bits per heavy atom. The van der Waals surface area contributed by atoms with E-state index in [1.807, 2.05) is 12.1 Å². The van der Waals surface area contributed by atoms with Gasteiger partial charge in [-0.05, 0) is 25.8 Å². The van der Waals surface area contributed by atoms with Gasteiger partial charge in [0.1, 0.15) is 6.61 Å². The van der Waals surface area contributed by atoms with Crippen LogP contribution in [0.5, 0.6) is 5.88 Å². The lowest BCUT2D eigenvalue weighted by Crippen LogP contribution is -2.44. The molecule has 2 rings (SSSR count). The van der Waals surface area contributed by atoms with Crippen molar-refractivity contribution < 1.29 is 9.47 Å². The second-order valence-electron chi connectivity index (χ2n) is 5.98. The van der Waals surface area contributed by atoms with Gasteiger partial charge < -0.3 is 20.1 Å². The van der Waals surface area contributed by atoms with Crippen molar-refractivity contribution in [1.29, 1.82) is 0 Å². The molecule has 1 aromatic heterocycles. The fourth-order valence-electron chi connectivity index (χ4n) is 2.82. The Hall–Kier alpha value is -1.82. The first-order chi connectivity index (χ1) is 11.8. The Morgan fingerprint density at radius 1 is 1.29 bits per heavy atom. The van der Waals surface area contributed by atoms with Crippen LogP contribution in [0, 0.1) is 0 Å². The number of rotatable bonds is 8. The predicted molar refractivity (Wildman–Crippen MR) is 96.4 cm³/mol. The highest BCUT2D eigenvalue weighted by Gasteiger charge is 2.14. The van der Waals surface area contributed by atoms with Gasteiger partial charge in [0.25, 0.3) is 0 Å². The third kappa shape index (κ3) is 6.35. The summed E-state index contributed by atoms with van der Waals surface area (Å²) in [6, 6.07) is 4.45. The molecule has 6 heteroatoms. The van der Waals surface area contributed by atoms with Crippen molar-refractivity contribution in [2.24, 2.45) is 4.99 Å². The summed E-state index contributed by atoms with van der Waals surface area (Å²) in [6.07, 6.45) is 8.14. The van der Waals surface area contributed by atoms with Crippen molar-refractivity contribution in [2.75, 3.05) is 26.9 Å². The van der Waals surface area contributed by atoms with Crippen LogP contribution in [-0.4, -0.2) is 43.9 Å². The molecule has 1 heterocycles. The average Bonchev–Trinajstić information content (AvgIpc) is 2.62. The van der Waals surface area contributed by atoms with E-state index in [1.54, 1.807) is 13.3 Å². The smallest absolute Gasteiger partial charge is 0.218 e. The van der Waals surface area contributed by atoms with Crippen LogP contribution in [-0.2, 0) is 11.3 Å². The van der Waals surface area contributed by atoms with E-state index in [2.05, 4.69) is 22.5 Å². The standard InChI is InChI=1S/C18H30N4O2/c1-3-19-18(22-16-9-5-4-6-10-16)21-14-15-8-7-11-20-17(15)24-13-12-23-2/h7-8,11,16H,3-6,9-10,12-14H2,1-2H3,(H2,19,21,22). The van der Waals surface area contributed by atoms with E-state index >= 15 is 0 Å². The highest BCUT2D eigenvalue weighted by atomic mass is 16.5. The Kier molecular flexibility index (Phi) is 8.38. The quantitative estimate of drug-likeness (QED) is 0.434. The zero-order chi connectivity index (χ0) is 17.0. The van der Waals surface area contributed by atoms with Gasteiger partial charge in [-0.25, -0.2) is 9.98 Å². The maximum Gasteiger partial charge on any atom is 0.218 e. The summed E-state index contributed by atoms with van der Waals surface area (Å²) in [6.45, 7) is 4.51. The summed E-state index contributed by atoms with van der Waals surface area (Å²) in [4.78, 5) is 9.01. The zero-order valence-corrected chi connectivity index (χ0v) is 14.9. The largest absolute Gasteiger partial charge is 0.475 e. The van der Waals surface area contributed by atoms with E-state index in [4.69, 9.17) is 14.5 Å². The first-order valence-electron chi connectivity index (χ1n) is 8.94. The van der Waals surface area contributed by atoms with Gasteiger partial charge in [-0.3, -0.25) is 0 Å². The molecule has 0 saturated heterocycles. The lowest BCUT2D eigenvalue weighted by Gasteiger charge is -2.24. The Morgan fingerprint density at radius 2 is 2.12 bits per heavy atom. The van der Waals surface area contributed by atoms with Crippen LogP contribution in [0.1, 0.15) is 44.6 Å². The summed E-state index contributed by atoms with van der Waals surface area (Å²) in [5.74, 6) is 1.50. The van der Waals surface area contributed by atoms with Crippen molar-refractivity contribution >= 4 is 5.96 Å². The normalized spacial score (nSPS) is 16.0. The molecule has 24 heavy (non-hydrogen) atoms. The second kappa shape index (κ2) is 10.9. The lowest BCUT2D eigenvalue weighted by atomic mass is 9.96. The summed E-state index contributed by atoms with van der Waals surface area (Å²) >= 11 is 0. The minimum atomic E-state index is 0.491. The molecule has 134 valence electrons. The molecule has 0 unspecified atom stereocenters. The topological polar surface area (TPSA) is 67.8 Å². The minimum absolute atomic E-state index is 0.491. The SMILES string of the molecule is CCNC(=NCc1cccnc1OCCOC)NC1CCCCC1. The molecule has 6 nitrogen and oxygen atoms in total. The molecule has 0 atom stereocenters. The van der Waals surface area contributed by atoms with Crippen LogP contribution >= 0.6 is 0 Å². The van der Waals surface area contributed by atoms with Gasteiger partial charge in [-0.1, -0.05) is 25.3 Å². The number of hydrogen-bond acceptors (Lipinski definition) is 4. The molecule has 0 spiro atoms. The molecule has 2 N–H and O–H groups in total. The molecule has 1 aromatic rings. The maximum absolute atomic E-state index is 5.67. The molecule has 0 bridgehead atoms. The molecule has 0 aliphatic heterocycles.